The summed E-state index contributed by atoms with van der Waals surface area (Å²) < 4.78 is 18.7. The lowest BCUT2D eigenvalue weighted by Crippen LogP contribution is -2.16. The Balaban J connectivity index is 1.81. The van der Waals surface area contributed by atoms with Crippen LogP contribution < -0.4 is 5.32 Å². The van der Waals surface area contributed by atoms with Crippen LogP contribution in [0.2, 0.25) is 0 Å². The van der Waals surface area contributed by atoms with Gasteiger partial charge in [-0.25, -0.2) is 9.18 Å². The highest BCUT2D eigenvalue weighted by Crippen LogP contribution is 2.31. The number of amides is 1. The Bertz CT molecular complexity index is 778. The van der Waals surface area contributed by atoms with Crippen LogP contribution in [0.15, 0.2) is 18.2 Å². The average Bonchev–Trinajstić information content (AvgIpc) is 3.21. The molecule has 0 spiro atoms. The molecule has 1 saturated carbocycles. The zero-order chi connectivity index (χ0) is 17.8. The van der Waals surface area contributed by atoms with Gasteiger partial charge in [0.1, 0.15) is 11.5 Å². The number of anilines is 1. The zero-order valence-corrected chi connectivity index (χ0v) is 14.4. The van der Waals surface area contributed by atoms with Crippen LogP contribution in [0.5, 0.6) is 0 Å². The predicted molar refractivity (Wildman–Crippen MR) is 94.0 cm³/mol. The molecule has 2 aromatic rings. The van der Waals surface area contributed by atoms with Gasteiger partial charge in [-0.05, 0) is 37.5 Å². The van der Waals surface area contributed by atoms with Crippen LogP contribution in [0.4, 0.5) is 10.1 Å². The first kappa shape index (κ1) is 17.5. The van der Waals surface area contributed by atoms with Crippen LogP contribution >= 0.6 is 0 Å². The van der Waals surface area contributed by atoms with E-state index >= 15 is 0 Å². The number of carbonyl (C=O) groups is 2. The molecule has 1 amide bonds. The molecule has 0 saturated heterocycles. The summed E-state index contributed by atoms with van der Waals surface area (Å²) in [6.07, 6.45) is 6.08. The van der Waals surface area contributed by atoms with Crippen LogP contribution in [-0.4, -0.2) is 23.5 Å². The Morgan fingerprint density at radius 1 is 1.32 bits per heavy atom. The molecular weight excluding hydrogens is 323 g/mol. The van der Waals surface area contributed by atoms with Gasteiger partial charge >= 0.3 is 5.97 Å². The third kappa shape index (κ3) is 4.00. The largest absolute Gasteiger partial charge is 0.461 e. The molecule has 1 fully saturated rings. The summed E-state index contributed by atoms with van der Waals surface area (Å²) in [6, 6.07) is 4.15. The second kappa shape index (κ2) is 7.68. The molecule has 0 aliphatic heterocycles. The average molecular weight is 346 g/mol. The standard InChI is InChI=1S/C19H23FN2O3/c1-2-25-19(24)18-17(14-11-13(20)8-9-15(14)21-18)22-16(23)10-7-12-5-3-4-6-12/h8-9,11-12,21H,2-7,10H2,1H3,(H,22,23). The number of ether oxygens (including phenoxy) is 1. The van der Waals surface area contributed by atoms with E-state index < -0.39 is 11.8 Å². The van der Waals surface area contributed by atoms with E-state index in [2.05, 4.69) is 10.3 Å². The molecule has 0 unspecified atom stereocenters. The maximum absolute atomic E-state index is 13.6. The summed E-state index contributed by atoms with van der Waals surface area (Å²) in [5.74, 6) is -0.549. The normalized spacial score (nSPS) is 14.8. The number of fused-ring (bicyclic) bond motifs is 1. The number of esters is 1. The van der Waals surface area contributed by atoms with Crippen molar-refractivity contribution in [1.82, 2.24) is 4.98 Å². The Labute approximate surface area is 145 Å². The highest BCUT2D eigenvalue weighted by Gasteiger charge is 2.22. The molecule has 5 nitrogen and oxygen atoms in total. The summed E-state index contributed by atoms with van der Waals surface area (Å²) in [7, 11) is 0. The lowest BCUT2D eigenvalue weighted by atomic mass is 10.0. The topological polar surface area (TPSA) is 71.2 Å². The van der Waals surface area contributed by atoms with E-state index in [0.717, 1.165) is 6.42 Å². The molecule has 25 heavy (non-hydrogen) atoms. The number of halogens is 1. The van der Waals surface area contributed by atoms with Crippen LogP contribution in [0, 0.1) is 11.7 Å². The molecule has 0 bridgehead atoms. The van der Waals surface area contributed by atoms with E-state index in [0.29, 0.717) is 28.9 Å². The molecule has 6 heteroatoms. The molecule has 1 aromatic heterocycles. The van der Waals surface area contributed by atoms with Crippen molar-refractivity contribution in [3.63, 3.8) is 0 Å². The molecule has 2 N–H and O–H groups in total. The maximum Gasteiger partial charge on any atom is 0.356 e. The van der Waals surface area contributed by atoms with E-state index in [4.69, 9.17) is 4.74 Å². The fraction of sp³-hybridized carbons (Fsp3) is 0.474. The van der Waals surface area contributed by atoms with Gasteiger partial charge in [0, 0.05) is 17.3 Å². The van der Waals surface area contributed by atoms with E-state index in [1.165, 1.54) is 37.8 Å². The number of carbonyl (C=O) groups excluding carboxylic acids is 2. The first-order valence-electron chi connectivity index (χ1n) is 8.86. The number of rotatable bonds is 6. The van der Waals surface area contributed by atoms with Crippen molar-refractivity contribution >= 4 is 28.5 Å². The second-order valence-electron chi connectivity index (χ2n) is 6.52. The third-order valence-corrected chi connectivity index (χ3v) is 4.76. The zero-order valence-electron chi connectivity index (χ0n) is 14.4. The molecule has 1 aromatic carbocycles. The summed E-state index contributed by atoms with van der Waals surface area (Å²) in [5.41, 5.74) is 1.02. The van der Waals surface area contributed by atoms with Gasteiger partial charge in [0.25, 0.3) is 0 Å². The number of hydrogen-bond donors (Lipinski definition) is 2. The first-order chi connectivity index (χ1) is 12.1. The molecule has 1 heterocycles. The molecule has 0 atom stereocenters. The molecular formula is C19H23FN2O3. The number of aromatic amines is 1. The SMILES string of the molecule is CCOC(=O)c1[nH]c2ccc(F)cc2c1NC(=O)CCC1CCCC1. The number of H-pyrrole nitrogens is 1. The van der Waals surface area contributed by atoms with Crippen molar-refractivity contribution in [3.05, 3.63) is 29.7 Å². The molecule has 3 rings (SSSR count). The van der Waals surface area contributed by atoms with E-state index in [1.807, 2.05) is 0 Å². The number of hydrogen-bond acceptors (Lipinski definition) is 3. The van der Waals surface area contributed by atoms with Crippen LogP contribution in [0.1, 0.15) is 55.9 Å². The summed E-state index contributed by atoms with van der Waals surface area (Å²) >= 11 is 0. The molecule has 1 aliphatic carbocycles. The smallest absolute Gasteiger partial charge is 0.356 e. The van der Waals surface area contributed by atoms with Crippen LogP contribution in [0.3, 0.4) is 0 Å². The minimum atomic E-state index is -0.565. The third-order valence-electron chi connectivity index (χ3n) is 4.76. The van der Waals surface area contributed by atoms with Gasteiger partial charge in [0.05, 0.1) is 12.3 Å². The van der Waals surface area contributed by atoms with Crippen molar-refractivity contribution in [1.29, 1.82) is 0 Å². The van der Waals surface area contributed by atoms with Gasteiger partial charge in [0.15, 0.2) is 0 Å². The Morgan fingerprint density at radius 3 is 2.80 bits per heavy atom. The number of benzene rings is 1. The minimum Gasteiger partial charge on any atom is -0.461 e. The fourth-order valence-corrected chi connectivity index (χ4v) is 3.49. The first-order valence-corrected chi connectivity index (χ1v) is 8.86. The predicted octanol–water partition coefficient (Wildman–Crippen LogP) is 4.39. The highest BCUT2D eigenvalue weighted by atomic mass is 19.1. The lowest BCUT2D eigenvalue weighted by molar-refractivity contribution is -0.116. The maximum atomic E-state index is 13.6. The Morgan fingerprint density at radius 2 is 2.08 bits per heavy atom. The number of nitrogens with one attached hydrogen (secondary N) is 2. The fourth-order valence-electron chi connectivity index (χ4n) is 3.49. The van der Waals surface area contributed by atoms with Gasteiger partial charge in [-0.15, -0.1) is 0 Å². The van der Waals surface area contributed by atoms with Crippen LogP contribution in [-0.2, 0) is 9.53 Å². The monoisotopic (exact) mass is 346 g/mol. The minimum absolute atomic E-state index is 0.150. The summed E-state index contributed by atoms with van der Waals surface area (Å²) in [4.78, 5) is 27.5. The van der Waals surface area contributed by atoms with Crippen molar-refractivity contribution in [3.8, 4) is 0 Å². The Hall–Kier alpha value is -2.37. The van der Waals surface area contributed by atoms with Crippen molar-refractivity contribution in [2.75, 3.05) is 11.9 Å². The van der Waals surface area contributed by atoms with E-state index in [9.17, 15) is 14.0 Å². The van der Waals surface area contributed by atoms with Crippen molar-refractivity contribution in [2.45, 2.75) is 45.4 Å². The summed E-state index contributed by atoms with van der Waals surface area (Å²) in [6.45, 7) is 1.93. The van der Waals surface area contributed by atoms with Gasteiger partial charge in [-0.1, -0.05) is 25.7 Å². The Kier molecular flexibility index (Phi) is 5.36. The van der Waals surface area contributed by atoms with Gasteiger partial charge in [-0.3, -0.25) is 4.79 Å². The molecule has 1 aliphatic rings. The van der Waals surface area contributed by atoms with Gasteiger partial charge < -0.3 is 15.0 Å². The summed E-state index contributed by atoms with van der Waals surface area (Å²) in [5, 5.41) is 3.26. The number of aromatic nitrogens is 1. The van der Waals surface area contributed by atoms with E-state index in [-0.39, 0.29) is 18.2 Å². The van der Waals surface area contributed by atoms with Crippen molar-refractivity contribution in [2.24, 2.45) is 5.92 Å². The molecule has 0 radical (unpaired) electrons. The second-order valence-corrected chi connectivity index (χ2v) is 6.52. The van der Waals surface area contributed by atoms with Gasteiger partial charge in [0.2, 0.25) is 5.91 Å². The quantitative estimate of drug-likeness (QED) is 0.762. The van der Waals surface area contributed by atoms with E-state index in [1.54, 1.807) is 13.0 Å². The van der Waals surface area contributed by atoms with Crippen molar-refractivity contribution < 1.29 is 18.7 Å². The van der Waals surface area contributed by atoms with Gasteiger partial charge in [-0.2, -0.15) is 0 Å². The molecule has 134 valence electrons. The highest BCUT2D eigenvalue weighted by molar-refractivity contribution is 6.10. The van der Waals surface area contributed by atoms with Crippen LogP contribution in [0.25, 0.3) is 10.9 Å². The lowest BCUT2D eigenvalue weighted by Gasteiger charge is -2.10.